The van der Waals surface area contributed by atoms with E-state index in [1.165, 1.54) is 15.8 Å². The highest BCUT2D eigenvalue weighted by Crippen LogP contribution is 2.31. The van der Waals surface area contributed by atoms with Gasteiger partial charge in [-0.25, -0.2) is 13.8 Å². The van der Waals surface area contributed by atoms with Crippen LogP contribution >= 0.6 is 22.9 Å². The Labute approximate surface area is 206 Å². The van der Waals surface area contributed by atoms with Crippen LogP contribution in [0.5, 0.6) is 0 Å². The summed E-state index contributed by atoms with van der Waals surface area (Å²) in [6, 6.07) is 5.09. The third-order valence-electron chi connectivity index (χ3n) is 5.56. The number of H-pyrrole nitrogens is 1. The Balaban J connectivity index is 1.19. The molecular formula is C21H19ClF2N8O2S. The topological polar surface area (TPSA) is 121 Å². The van der Waals surface area contributed by atoms with Crippen LogP contribution in [-0.2, 0) is 11.3 Å². The zero-order valence-corrected chi connectivity index (χ0v) is 19.7. The number of alkyl halides is 2. The smallest absolute Gasteiger partial charge is 0.267 e. The van der Waals surface area contributed by atoms with E-state index in [-0.39, 0.29) is 44.3 Å². The number of aromatic amines is 1. The Hall–Kier alpha value is -3.58. The van der Waals surface area contributed by atoms with Crippen LogP contribution in [0.2, 0.25) is 5.02 Å². The van der Waals surface area contributed by atoms with Crippen molar-refractivity contribution < 1.29 is 18.4 Å². The van der Waals surface area contributed by atoms with Gasteiger partial charge in [-0.05, 0) is 12.1 Å². The van der Waals surface area contributed by atoms with E-state index in [1.54, 1.807) is 30.6 Å². The zero-order chi connectivity index (χ0) is 24.6. The maximum absolute atomic E-state index is 13.3. The van der Waals surface area contributed by atoms with Crippen molar-refractivity contribution in [2.75, 3.05) is 23.7 Å². The first-order chi connectivity index (χ1) is 16.8. The molecule has 0 atom stereocenters. The molecule has 1 aliphatic heterocycles. The molecule has 0 radical (unpaired) electrons. The number of hydrogen-bond donors (Lipinski definition) is 3. The number of halogens is 3. The van der Waals surface area contributed by atoms with Crippen LogP contribution in [0.3, 0.4) is 0 Å². The molecule has 0 spiro atoms. The van der Waals surface area contributed by atoms with Crippen molar-refractivity contribution in [3.8, 4) is 0 Å². The number of benzene rings is 1. The molecule has 1 fully saturated rings. The van der Waals surface area contributed by atoms with E-state index in [2.05, 4.69) is 30.9 Å². The quantitative estimate of drug-likeness (QED) is 0.351. The fourth-order valence-corrected chi connectivity index (χ4v) is 4.61. The van der Waals surface area contributed by atoms with Gasteiger partial charge in [0.1, 0.15) is 11.4 Å². The van der Waals surface area contributed by atoms with Gasteiger partial charge in [0.05, 0.1) is 28.6 Å². The summed E-state index contributed by atoms with van der Waals surface area (Å²) in [5, 5.41) is 18.4. The highest BCUT2D eigenvalue weighted by Gasteiger charge is 2.35. The lowest BCUT2D eigenvalue weighted by Gasteiger charge is -2.31. The summed E-state index contributed by atoms with van der Waals surface area (Å²) < 4.78 is 28.0. The van der Waals surface area contributed by atoms with Crippen LogP contribution < -0.4 is 10.6 Å². The molecule has 2 amide bonds. The molecule has 14 heteroatoms. The molecule has 35 heavy (non-hydrogen) atoms. The number of thiazole rings is 1. The molecule has 0 unspecified atom stereocenters. The summed E-state index contributed by atoms with van der Waals surface area (Å²) in [5.74, 6) is -2.93. The fraction of sp³-hybridized carbons (Fsp3) is 0.286. The summed E-state index contributed by atoms with van der Waals surface area (Å²) in [4.78, 5) is 31.1. The predicted molar refractivity (Wildman–Crippen MR) is 127 cm³/mol. The largest absolute Gasteiger partial charge is 0.341 e. The maximum Gasteiger partial charge on any atom is 0.267 e. The van der Waals surface area contributed by atoms with Crippen LogP contribution in [0.1, 0.15) is 22.5 Å². The number of amides is 2. The molecule has 5 rings (SSSR count). The second-order valence-electron chi connectivity index (χ2n) is 8.00. The highest BCUT2D eigenvalue weighted by atomic mass is 35.5. The van der Waals surface area contributed by atoms with E-state index in [0.29, 0.717) is 31.9 Å². The molecule has 3 aromatic heterocycles. The number of carbonyl (C=O) groups is 2. The summed E-state index contributed by atoms with van der Waals surface area (Å²) in [5.41, 5.74) is 1.19. The zero-order valence-electron chi connectivity index (χ0n) is 18.1. The fourth-order valence-electron chi connectivity index (χ4n) is 3.68. The Morgan fingerprint density at radius 1 is 1.20 bits per heavy atom. The molecule has 1 aliphatic rings. The van der Waals surface area contributed by atoms with Crippen LogP contribution in [0, 0.1) is 0 Å². The number of piperidine rings is 1. The predicted octanol–water partition coefficient (Wildman–Crippen LogP) is 4.12. The van der Waals surface area contributed by atoms with Gasteiger partial charge in [-0.2, -0.15) is 10.2 Å². The number of rotatable bonds is 6. The average Bonchev–Trinajstić information content (AvgIpc) is 3.57. The van der Waals surface area contributed by atoms with Crippen molar-refractivity contribution in [1.82, 2.24) is 29.9 Å². The van der Waals surface area contributed by atoms with Gasteiger partial charge in [-0.3, -0.25) is 19.4 Å². The summed E-state index contributed by atoms with van der Waals surface area (Å²) in [6.45, 7) is 0.00401. The van der Waals surface area contributed by atoms with E-state index in [4.69, 9.17) is 11.6 Å². The number of fused-ring (bicyclic) bond motifs is 1. The van der Waals surface area contributed by atoms with Gasteiger partial charge in [0, 0.05) is 43.6 Å². The first-order valence-electron chi connectivity index (χ1n) is 10.6. The number of anilines is 3. The van der Waals surface area contributed by atoms with Gasteiger partial charge in [0.15, 0.2) is 10.9 Å². The van der Waals surface area contributed by atoms with Crippen molar-refractivity contribution in [2.45, 2.75) is 25.3 Å². The molecule has 10 nitrogen and oxygen atoms in total. The molecule has 0 saturated carbocycles. The van der Waals surface area contributed by atoms with Crippen molar-refractivity contribution in [1.29, 1.82) is 0 Å². The van der Waals surface area contributed by atoms with E-state index in [9.17, 15) is 18.4 Å². The minimum absolute atomic E-state index is 0.0302. The van der Waals surface area contributed by atoms with Gasteiger partial charge in [-0.1, -0.05) is 22.9 Å². The lowest BCUT2D eigenvalue weighted by atomic mass is 10.1. The standard InChI is InChI=1S/C21H19ClF2N8O2S/c22-13-1-2-14-12(9-26-29-14)18(13)28-19(34)15-10-25-20(35-15)27-16-3-6-32(30-16)11-17(33)31-7-4-21(23,24)5-8-31/h1-3,6,9-10H,4-5,7-8,11H2,(H,26,29)(H,28,34)(H,25,27,30). The molecule has 4 aromatic rings. The van der Waals surface area contributed by atoms with Crippen molar-refractivity contribution in [3.63, 3.8) is 0 Å². The number of likely N-dealkylation sites (tertiary alicyclic amines) is 1. The molecule has 3 N–H and O–H groups in total. The van der Waals surface area contributed by atoms with Gasteiger partial charge in [-0.15, -0.1) is 0 Å². The Morgan fingerprint density at radius 3 is 2.80 bits per heavy atom. The minimum Gasteiger partial charge on any atom is -0.341 e. The molecule has 0 bridgehead atoms. The first-order valence-corrected chi connectivity index (χ1v) is 11.8. The third kappa shape index (κ3) is 5.10. The average molecular weight is 521 g/mol. The van der Waals surface area contributed by atoms with Gasteiger partial charge in [0.2, 0.25) is 5.91 Å². The van der Waals surface area contributed by atoms with Crippen LogP contribution in [0.15, 0.2) is 36.8 Å². The van der Waals surface area contributed by atoms with E-state index >= 15 is 0 Å². The summed E-state index contributed by atoms with van der Waals surface area (Å²) in [6.07, 6.45) is 3.96. The van der Waals surface area contributed by atoms with E-state index < -0.39 is 5.92 Å². The lowest BCUT2D eigenvalue weighted by molar-refractivity contribution is -0.138. The minimum atomic E-state index is -2.71. The number of hydrogen-bond acceptors (Lipinski definition) is 7. The first kappa shape index (κ1) is 23.2. The molecule has 1 saturated heterocycles. The number of nitrogens with zero attached hydrogens (tertiary/aromatic N) is 5. The number of carbonyl (C=O) groups excluding carboxylic acids is 2. The molecule has 182 valence electrons. The summed E-state index contributed by atoms with van der Waals surface area (Å²) >= 11 is 7.37. The van der Waals surface area contributed by atoms with Crippen molar-refractivity contribution >= 4 is 62.3 Å². The Bertz CT molecular complexity index is 1390. The van der Waals surface area contributed by atoms with Gasteiger partial charge < -0.3 is 15.5 Å². The number of nitrogens with one attached hydrogen (secondary N) is 3. The van der Waals surface area contributed by atoms with Crippen LogP contribution in [-0.4, -0.2) is 60.7 Å². The van der Waals surface area contributed by atoms with Crippen molar-refractivity contribution in [3.05, 3.63) is 46.7 Å². The summed E-state index contributed by atoms with van der Waals surface area (Å²) in [7, 11) is 0. The third-order valence-corrected chi connectivity index (χ3v) is 6.79. The normalized spacial score (nSPS) is 15.3. The second-order valence-corrected chi connectivity index (χ2v) is 9.44. The monoisotopic (exact) mass is 520 g/mol. The Morgan fingerprint density at radius 2 is 2.00 bits per heavy atom. The lowest BCUT2D eigenvalue weighted by Crippen LogP contribution is -2.44. The number of aromatic nitrogens is 5. The van der Waals surface area contributed by atoms with E-state index in [1.807, 2.05) is 0 Å². The van der Waals surface area contributed by atoms with Gasteiger partial charge >= 0.3 is 0 Å². The maximum atomic E-state index is 13.3. The van der Waals surface area contributed by atoms with E-state index in [0.717, 1.165) is 16.9 Å². The Kier molecular flexibility index (Phi) is 6.11. The molecule has 0 aliphatic carbocycles. The van der Waals surface area contributed by atoms with Crippen LogP contribution in [0.4, 0.5) is 25.4 Å². The second kappa shape index (κ2) is 9.23. The molecule has 1 aromatic carbocycles. The van der Waals surface area contributed by atoms with Crippen LogP contribution in [0.25, 0.3) is 10.9 Å². The van der Waals surface area contributed by atoms with Crippen molar-refractivity contribution in [2.24, 2.45) is 0 Å². The van der Waals surface area contributed by atoms with Gasteiger partial charge in [0.25, 0.3) is 11.8 Å². The SMILES string of the molecule is O=C(Nc1c(Cl)ccc2[nH]ncc12)c1cnc(Nc2ccn(CC(=O)N3CCC(F)(F)CC3)n2)s1. The molecular weight excluding hydrogens is 502 g/mol. The molecule has 4 heterocycles. The highest BCUT2D eigenvalue weighted by molar-refractivity contribution is 7.17.